The van der Waals surface area contributed by atoms with Crippen molar-refractivity contribution < 1.29 is 9.90 Å². The number of nitrogens with zero attached hydrogens (tertiary/aromatic N) is 1. The molecule has 1 heterocycles. The summed E-state index contributed by atoms with van der Waals surface area (Å²) < 4.78 is 0. The van der Waals surface area contributed by atoms with Crippen LogP contribution >= 0.6 is 0 Å². The summed E-state index contributed by atoms with van der Waals surface area (Å²) in [6, 6.07) is 8.15. The van der Waals surface area contributed by atoms with Crippen molar-refractivity contribution >= 4 is 11.6 Å². The van der Waals surface area contributed by atoms with Crippen LogP contribution in [0.4, 0.5) is 5.69 Å². The standard InChI is InChI=1S/C14H20N2O2/c1-3-11-5-4-6-12(9-11)16-8-7-13(10(2)17)14(18)15-16/h4-6,9-10,13,17H,3,7-8H2,1-2H3,(H,15,18). The first-order valence-corrected chi connectivity index (χ1v) is 6.47. The first-order chi connectivity index (χ1) is 8.61. The highest BCUT2D eigenvalue weighted by Gasteiger charge is 2.30. The van der Waals surface area contributed by atoms with Crippen molar-refractivity contribution in [2.24, 2.45) is 5.92 Å². The molecule has 1 amide bonds. The summed E-state index contributed by atoms with van der Waals surface area (Å²) in [5.74, 6) is -0.395. The van der Waals surface area contributed by atoms with E-state index in [4.69, 9.17) is 0 Å². The summed E-state index contributed by atoms with van der Waals surface area (Å²) in [6.45, 7) is 4.50. The van der Waals surface area contributed by atoms with Crippen molar-refractivity contribution in [3.63, 3.8) is 0 Å². The molecule has 2 unspecified atom stereocenters. The maximum atomic E-state index is 11.9. The number of carbonyl (C=O) groups excluding carboxylic acids is 1. The third-order valence-corrected chi connectivity index (χ3v) is 3.46. The Morgan fingerprint density at radius 2 is 2.33 bits per heavy atom. The lowest BCUT2D eigenvalue weighted by molar-refractivity contribution is -0.130. The fraction of sp³-hybridized carbons (Fsp3) is 0.500. The second-order valence-corrected chi connectivity index (χ2v) is 4.79. The Bertz CT molecular complexity index is 432. The number of aryl methyl sites for hydroxylation is 1. The van der Waals surface area contributed by atoms with Crippen molar-refractivity contribution in [2.75, 3.05) is 11.6 Å². The zero-order chi connectivity index (χ0) is 13.1. The molecule has 4 heteroatoms. The summed E-state index contributed by atoms with van der Waals surface area (Å²) in [5.41, 5.74) is 5.11. The highest BCUT2D eigenvalue weighted by molar-refractivity contribution is 5.82. The molecule has 98 valence electrons. The van der Waals surface area contributed by atoms with Crippen LogP contribution in [0.1, 0.15) is 25.8 Å². The highest BCUT2D eigenvalue weighted by Crippen LogP contribution is 2.21. The zero-order valence-corrected chi connectivity index (χ0v) is 10.9. The number of hydrogen-bond acceptors (Lipinski definition) is 3. The van der Waals surface area contributed by atoms with Gasteiger partial charge in [-0.3, -0.25) is 15.2 Å². The van der Waals surface area contributed by atoms with E-state index in [0.717, 1.165) is 18.7 Å². The van der Waals surface area contributed by atoms with E-state index in [9.17, 15) is 9.90 Å². The molecule has 0 radical (unpaired) electrons. The number of hydrogen-bond donors (Lipinski definition) is 2. The minimum absolute atomic E-state index is 0.0989. The number of aliphatic hydroxyl groups excluding tert-OH is 1. The lowest BCUT2D eigenvalue weighted by atomic mass is 9.97. The van der Waals surface area contributed by atoms with Gasteiger partial charge in [0, 0.05) is 6.54 Å². The van der Waals surface area contributed by atoms with Crippen LogP contribution in [0.15, 0.2) is 24.3 Å². The fourth-order valence-corrected chi connectivity index (χ4v) is 2.27. The van der Waals surface area contributed by atoms with Gasteiger partial charge in [0.25, 0.3) is 0 Å². The van der Waals surface area contributed by atoms with Gasteiger partial charge in [0.05, 0.1) is 17.7 Å². The number of aliphatic hydroxyl groups is 1. The number of nitrogens with one attached hydrogen (secondary N) is 1. The maximum Gasteiger partial charge on any atom is 0.244 e. The average molecular weight is 248 g/mol. The van der Waals surface area contributed by atoms with Crippen LogP contribution in [0, 0.1) is 5.92 Å². The van der Waals surface area contributed by atoms with E-state index in [1.165, 1.54) is 5.56 Å². The molecule has 2 rings (SSSR count). The van der Waals surface area contributed by atoms with Crippen molar-refractivity contribution in [3.8, 4) is 0 Å². The van der Waals surface area contributed by atoms with E-state index < -0.39 is 6.10 Å². The number of benzene rings is 1. The van der Waals surface area contributed by atoms with E-state index >= 15 is 0 Å². The summed E-state index contributed by atoms with van der Waals surface area (Å²) in [4.78, 5) is 11.9. The maximum absolute atomic E-state index is 11.9. The van der Waals surface area contributed by atoms with Crippen LogP contribution in [0.2, 0.25) is 0 Å². The second-order valence-electron chi connectivity index (χ2n) is 4.79. The predicted octanol–water partition coefficient (Wildman–Crippen LogP) is 1.49. The molecular weight excluding hydrogens is 228 g/mol. The van der Waals surface area contributed by atoms with Crippen molar-refractivity contribution in [3.05, 3.63) is 29.8 Å². The molecule has 0 spiro atoms. The number of carbonyl (C=O) groups is 1. The van der Waals surface area contributed by atoms with Crippen LogP contribution in [0.5, 0.6) is 0 Å². The fourth-order valence-electron chi connectivity index (χ4n) is 2.27. The molecule has 18 heavy (non-hydrogen) atoms. The lowest BCUT2D eigenvalue weighted by Gasteiger charge is -2.34. The molecule has 0 aliphatic carbocycles. The molecule has 1 fully saturated rings. The van der Waals surface area contributed by atoms with Crippen molar-refractivity contribution in [1.82, 2.24) is 5.43 Å². The monoisotopic (exact) mass is 248 g/mol. The Kier molecular flexibility index (Phi) is 3.87. The van der Waals surface area contributed by atoms with Gasteiger partial charge in [-0.25, -0.2) is 0 Å². The Morgan fingerprint density at radius 3 is 2.94 bits per heavy atom. The van der Waals surface area contributed by atoms with Gasteiger partial charge in [0.2, 0.25) is 5.91 Å². The Labute approximate surface area is 108 Å². The van der Waals surface area contributed by atoms with Gasteiger partial charge >= 0.3 is 0 Å². The van der Waals surface area contributed by atoms with Gasteiger partial charge in [-0.05, 0) is 37.5 Å². The number of amides is 1. The molecule has 1 aromatic carbocycles. The molecule has 4 nitrogen and oxygen atoms in total. The van der Waals surface area contributed by atoms with Crippen molar-refractivity contribution in [1.29, 1.82) is 0 Å². The van der Waals surface area contributed by atoms with Crippen LogP contribution in [-0.4, -0.2) is 23.7 Å². The highest BCUT2D eigenvalue weighted by atomic mass is 16.3. The van der Waals surface area contributed by atoms with E-state index in [1.807, 2.05) is 17.1 Å². The second kappa shape index (κ2) is 5.40. The Balaban J connectivity index is 2.10. The SMILES string of the molecule is CCc1cccc(N2CCC(C(C)O)C(=O)N2)c1. The summed E-state index contributed by atoms with van der Waals surface area (Å²) >= 11 is 0. The van der Waals surface area contributed by atoms with Gasteiger partial charge in [-0.2, -0.15) is 0 Å². The van der Waals surface area contributed by atoms with Gasteiger partial charge in [0.15, 0.2) is 0 Å². The third kappa shape index (κ3) is 2.64. The third-order valence-electron chi connectivity index (χ3n) is 3.46. The molecule has 0 aromatic heterocycles. The van der Waals surface area contributed by atoms with Gasteiger partial charge in [0.1, 0.15) is 0 Å². The lowest BCUT2D eigenvalue weighted by Crippen LogP contribution is -2.53. The normalized spacial score (nSPS) is 21.6. The van der Waals surface area contributed by atoms with Crippen LogP contribution < -0.4 is 10.4 Å². The molecule has 2 atom stereocenters. The molecule has 0 saturated carbocycles. The molecule has 1 aliphatic heterocycles. The van der Waals surface area contributed by atoms with Gasteiger partial charge in [-0.1, -0.05) is 19.1 Å². The zero-order valence-electron chi connectivity index (χ0n) is 10.9. The van der Waals surface area contributed by atoms with Crippen molar-refractivity contribution in [2.45, 2.75) is 32.8 Å². The summed E-state index contributed by atoms with van der Waals surface area (Å²) in [6.07, 6.45) is 1.07. The Morgan fingerprint density at radius 1 is 1.56 bits per heavy atom. The molecule has 2 N–H and O–H groups in total. The number of rotatable bonds is 3. The predicted molar refractivity (Wildman–Crippen MR) is 71.1 cm³/mol. The minimum Gasteiger partial charge on any atom is -0.393 e. The molecule has 1 aliphatic rings. The number of hydrazine groups is 1. The largest absolute Gasteiger partial charge is 0.393 e. The topological polar surface area (TPSA) is 52.6 Å². The number of anilines is 1. The average Bonchev–Trinajstić information content (AvgIpc) is 2.38. The van der Waals surface area contributed by atoms with Gasteiger partial charge in [-0.15, -0.1) is 0 Å². The summed E-state index contributed by atoms with van der Waals surface area (Å²) in [7, 11) is 0. The van der Waals surface area contributed by atoms with E-state index in [1.54, 1.807) is 6.92 Å². The quantitative estimate of drug-likeness (QED) is 0.852. The molecule has 0 bridgehead atoms. The van der Waals surface area contributed by atoms with Crippen LogP contribution in [0.25, 0.3) is 0 Å². The van der Waals surface area contributed by atoms with Crippen LogP contribution in [0.3, 0.4) is 0 Å². The smallest absolute Gasteiger partial charge is 0.244 e. The van der Waals surface area contributed by atoms with E-state index in [0.29, 0.717) is 6.42 Å². The first kappa shape index (κ1) is 12.9. The van der Waals surface area contributed by atoms with Crippen LogP contribution in [-0.2, 0) is 11.2 Å². The molecule has 1 saturated heterocycles. The summed E-state index contributed by atoms with van der Waals surface area (Å²) in [5, 5.41) is 11.4. The molecule has 1 aromatic rings. The van der Waals surface area contributed by atoms with E-state index in [2.05, 4.69) is 24.5 Å². The molecular formula is C14H20N2O2. The Hall–Kier alpha value is -1.55. The minimum atomic E-state index is -0.589. The first-order valence-electron chi connectivity index (χ1n) is 6.47. The van der Waals surface area contributed by atoms with Gasteiger partial charge < -0.3 is 5.11 Å². The van der Waals surface area contributed by atoms with E-state index in [-0.39, 0.29) is 11.8 Å².